The number of aromatic nitrogens is 1. The van der Waals surface area contributed by atoms with Crippen molar-refractivity contribution in [1.29, 1.82) is 0 Å². The van der Waals surface area contributed by atoms with Crippen LogP contribution in [-0.2, 0) is 5.41 Å². The maximum Gasteiger partial charge on any atom is 0.190 e. The Balaban J connectivity index is 0.00000171. The number of halogens is 1. The molecule has 0 radical (unpaired) electrons. The van der Waals surface area contributed by atoms with Crippen LogP contribution in [0.25, 0.3) is 0 Å². The van der Waals surface area contributed by atoms with Gasteiger partial charge in [-0.25, -0.2) is 0 Å². The molecule has 1 aliphatic carbocycles. The Morgan fingerprint density at radius 3 is 2.36 bits per heavy atom. The minimum Gasteiger partial charge on any atom is -1.00 e. The lowest BCUT2D eigenvalue weighted by molar-refractivity contribution is -0.732. The zero-order valence-electron chi connectivity index (χ0n) is 15.0. The number of furan rings is 2. The van der Waals surface area contributed by atoms with Gasteiger partial charge in [0.25, 0.3) is 0 Å². The van der Waals surface area contributed by atoms with Gasteiger partial charge in [-0.15, -0.1) is 0 Å². The maximum atomic E-state index is 10.9. The van der Waals surface area contributed by atoms with E-state index in [1.54, 1.807) is 18.6 Å². The molecule has 5 heterocycles. The Kier molecular flexibility index (Phi) is 3.68. The van der Waals surface area contributed by atoms with Gasteiger partial charge in [-0.1, -0.05) is 18.2 Å². The molecule has 5 heteroatoms. The van der Waals surface area contributed by atoms with Crippen molar-refractivity contribution in [2.75, 3.05) is 0 Å². The van der Waals surface area contributed by atoms with Crippen LogP contribution in [0.4, 0.5) is 0 Å². The number of hydrogen-bond donors (Lipinski definition) is 1. The lowest BCUT2D eigenvalue weighted by atomic mass is 9.54. The molecule has 4 nitrogen and oxygen atoms in total. The first kappa shape index (κ1) is 17.1. The molecular weight excluding hydrogens is 374 g/mol. The van der Waals surface area contributed by atoms with E-state index in [1.165, 1.54) is 11.3 Å². The number of aromatic hydroxyl groups is 1. The molecule has 0 unspecified atom stereocenters. The van der Waals surface area contributed by atoms with Crippen LogP contribution in [-0.4, -0.2) is 5.11 Å². The number of fused-ring (bicyclic) bond motifs is 1. The normalized spacial score (nSPS) is 20.9. The quantitative estimate of drug-likeness (QED) is 0.524. The van der Waals surface area contributed by atoms with Gasteiger partial charge in [0, 0.05) is 40.8 Å². The van der Waals surface area contributed by atoms with E-state index in [4.69, 9.17) is 8.83 Å². The fraction of sp³-hybridized carbons (Fsp3) is 0.174. The fourth-order valence-corrected chi connectivity index (χ4v) is 5.37. The van der Waals surface area contributed by atoms with E-state index >= 15 is 0 Å². The molecule has 140 valence electrons. The van der Waals surface area contributed by atoms with Crippen LogP contribution in [0.15, 0.2) is 88.6 Å². The molecule has 2 atom stereocenters. The summed E-state index contributed by atoms with van der Waals surface area (Å²) in [5, 5.41) is 10.9. The summed E-state index contributed by atoms with van der Waals surface area (Å²) < 4.78 is 13.4. The molecule has 3 aliphatic rings. The third kappa shape index (κ3) is 1.98. The van der Waals surface area contributed by atoms with Gasteiger partial charge in [0.15, 0.2) is 17.9 Å². The van der Waals surface area contributed by atoms with Gasteiger partial charge in [0.05, 0.1) is 36.4 Å². The largest absolute Gasteiger partial charge is 1.00 e. The monoisotopic (exact) mass is 391 g/mol. The molecule has 0 saturated heterocycles. The molecule has 3 aromatic heterocycles. The molecule has 0 spiro atoms. The van der Waals surface area contributed by atoms with Crippen molar-refractivity contribution in [3.63, 3.8) is 0 Å². The summed E-state index contributed by atoms with van der Waals surface area (Å²) in [6.45, 7) is 0. The Labute approximate surface area is 168 Å². The molecule has 7 rings (SSSR count). The summed E-state index contributed by atoms with van der Waals surface area (Å²) >= 11 is 0. The Hall–Kier alpha value is -2.98. The average molecular weight is 392 g/mol. The highest BCUT2D eigenvalue weighted by atomic mass is 35.5. The molecule has 4 aromatic rings. The molecule has 2 bridgehead atoms. The first-order valence-corrected chi connectivity index (χ1v) is 9.18. The highest BCUT2D eigenvalue weighted by Crippen LogP contribution is 2.61. The predicted molar refractivity (Wildman–Crippen MR) is 97.5 cm³/mol. The van der Waals surface area contributed by atoms with Crippen molar-refractivity contribution in [2.45, 2.75) is 23.8 Å². The van der Waals surface area contributed by atoms with Crippen molar-refractivity contribution in [2.24, 2.45) is 0 Å². The van der Waals surface area contributed by atoms with Gasteiger partial charge in [0.2, 0.25) is 0 Å². The van der Waals surface area contributed by atoms with Crippen molar-refractivity contribution in [1.82, 2.24) is 0 Å². The van der Waals surface area contributed by atoms with Crippen molar-refractivity contribution >= 4 is 0 Å². The van der Waals surface area contributed by atoms with Crippen molar-refractivity contribution < 1.29 is 30.9 Å². The van der Waals surface area contributed by atoms with E-state index in [0.29, 0.717) is 5.75 Å². The van der Waals surface area contributed by atoms with Gasteiger partial charge in [-0.2, -0.15) is 4.57 Å². The number of benzene rings is 1. The number of pyridine rings is 1. The molecule has 1 aromatic carbocycles. The minimum absolute atomic E-state index is 0. The summed E-state index contributed by atoms with van der Waals surface area (Å²) in [5.41, 5.74) is 5.29. The number of hydrogen-bond acceptors (Lipinski definition) is 3. The third-order valence-electron chi connectivity index (χ3n) is 6.40. The predicted octanol–water partition coefficient (Wildman–Crippen LogP) is 1.29. The van der Waals surface area contributed by atoms with Crippen molar-refractivity contribution in [3.05, 3.63) is 108 Å². The van der Waals surface area contributed by atoms with Crippen LogP contribution in [0.1, 0.15) is 46.3 Å². The molecule has 0 amide bonds. The topological polar surface area (TPSA) is 50.4 Å². The second-order valence-electron chi connectivity index (χ2n) is 7.46. The molecule has 28 heavy (non-hydrogen) atoms. The second-order valence-corrected chi connectivity index (χ2v) is 7.46. The highest BCUT2D eigenvalue weighted by molar-refractivity contribution is 5.57. The van der Waals surface area contributed by atoms with Gasteiger partial charge >= 0.3 is 0 Å². The number of rotatable bonds is 2. The van der Waals surface area contributed by atoms with E-state index in [0.717, 1.165) is 23.1 Å². The molecule has 2 aliphatic heterocycles. The van der Waals surface area contributed by atoms with E-state index < -0.39 is 0 Å². The maximum absolute atomic E-state index is 10.9. The van der Waals surface area contributed by atoms with Crippen LogP contribution in [0, 0.1) is 0 Å². The Morgan fingerprint density at radius 2 is 1.68 bits per heavy atom. The smallest absolute Gasteiger partial charge is 0.190 e. The fourth-order valence-electron chi connectivity index (χ4n) is 5.37. The molecule has 1 N–H and O–H groups in total. The summed E-state index contributed by atoms with van der Waals surface area (Å²) in [7, 11) is 0. The first-order valence-electron chi connectivity index (χ1n) is 9.18. The lowest BCUT2D eigenvalue weighted by Crippen LogP contribution is -3.00. The summed E-state index contributed by atoms with van der Waals surface area (Å²) in [6.07, 6.45) is 10.2. The summed E-state index contributed by atoms with van der Waals surface area (Å²) in [5.74, 6) is 0.323. The zero-order chi connectivity index (χ0) is 18.0. The van der Waals surface area contributed by atoms with E-state index in [-0.39, 0.29) is 29.8 Å². The number of phenols is 1. The van der Waals surface area contributed by atoms with Crippen LogP contribution in [0.2, 0.25) is 0 Å². The molecular formula is C23H18ClNO3. The first-order chi connectivity index (χ1) is 13.3. The summed E-state index contributed by atoms with van der Waals surface area (Å²) in [4.78, 5) is 0. The van der Waals surface area contributed by atoms with Gasteiger partial charge in [-0.05, 0) is 18.2 Å². The Bertz CT molecular complexity index is 1100. The SMILES string of the molecule is Oc1cccc2c1[C@H]1c3cccc[n+]3[C@@H]2CC1(c1ccoc1)c1ccoc1.[Cl-]. The van der Waals surface area contributed by atoms with E-state index in [9.17, 15) is 5.11 Å². The van der Waals surface area contributed by atoms with Crippen LogP contribution in [0.3, 0.4) is 0 Å². The zero-order valence-corrected chi connectivity index (χ0v) is 15.7. The second kappa shape index (κ2) is 6.01. The number of nitrogens with zero attached hydrogens (tertiary/aromatic N) is 1. The van der Waals surface area contributed by atoms with E-state index in [2.05, 4.69) is 35.0 Å². The van der Waals surface area contributed by atoms with Crippen LogP contribution >= 0.6 is 0 Å². The van der Waals surface area contributed by atoms with Crippen molar-refractivity contribution in [3.8, 4) is 5.75 Å². The highest BCUT2D eigenvalue weighted by Gasteiger charge is 2.60. The average Bonchev–Trinajstić information content (AvgIpc) is 3.43. The minimum atomic E-state index is -0.349. The standard InChI is InChI=1S/C23H17NO3.ClH/c25-20-6-3-4-17-19-12-23(15-7-10-26-13-15,16-8-11-27-14-16)22(21(17)20)18-5-1-2-9-24(18)19;/h1-11,13-14,19,22H,12H2;1H/t19-,22-;/m1./s1. The van der Waals surface area contributed by atoms with Crippen LogP contribution < -0.4 is 17.0 Å². The third-order valence-corrected chi connectivity index (χ3v) is 6.40. The van der Waals surface area contributed by atoms with Crippen LogP contribution in [0.5, 0.6) is 5.75 Å². The molecule has 0 fully saturated rings. The van der Waals surface area contributed by atoms with E-state index in [1.807, 2.05) is 30.7 Å². The van der Waals surface area contributed by atoms with Gasteiger partial charge in [-0.3, -0.25) is 0 Å². The number of phenolic OH excluding ortho intramolecular Hbond substituents is 1. The Morgan fingerprint density at radius 1 is 0.929 bits per heavy atom. The lowest BCUT2D eigenvalue weighted by Gasteiger charge is -2.48. The van der Waals surface area contributed by atoms with Gasteiger partial charge in [0.1, 0.15) is 5.75 Å². The molecule has 0 saturated carbocycles. The van der Waals surface area contributed by atoms with Gasteiger partial charge < -0.3 is 26.3 Å². The summed E-state index contributed by atoms with van der Waals surface area (Å²) in [6, 6.07) is 16.4.